The van der Waals surface area contributed by atoms with Gasteiger partial charge in [-0.2, -0.15) is 0 Å². The van der Waals surface area contributed by atoms with Crippen molar-refractivity contribution in [3.63, 3.8) is 0 Å². The van der Waals surface area contributed by atoms with Crippen LogP contribution >= 0.6 is 11.3 Å². The smallest absolute Gasteiger partial charge is 0.0468 e. The van der Waals surface area contributed by atoms with Crippen LogP contribution in [0, 0.1) is 11.8 Å². The Labute approximate surface area is 108 Å². The third-order valence-electron chi connectivity index (χ3n) is 3.72. The van der Waals surface area contributed by atoms with Crippen molar-refractivity contribution in [2.24, 2.45) is 11.8 Å². The molecule has 1 aliphatic carbocycles. The van der Waals surface area contributed by atoms with Crippen LogP contribution in [0.4, 0.5) is 0 Å². The van der Waals surface area contributed by atoms with E-state index in [4.69, 9.17) is 5.11 Å². The Morgan fingerprint density at radius 1 is 1.47 bits per heavy atom. The summed E-state index contributed by atoms with van der Waals surface area (Å²) in [5.74, 6) is 1.14. The molecule has 96 valence electrons. The summed E-state index contributed by atoms with van der Waals surface area (Å²) in [6, 6.07) is 4.88. The van der Waals surface area contributed by atoms with Gasteiger partial charge in [-0.25, -0.2) is 0 Å². The van der Waals surface area contributed by atoms with Gasteiger partial charge in [-0.3, -0.25) is 0 Å². The molecule has 2 unspecified atom stereocenters. The van der Waals surface area contributed by atoms with E-state index in [2.05, 4.69) is 29.8 Å². The van der Waals surface area contributed by atoms with Crippen molar-refractivity contribution in [3.05, 3.63) is 22.4 Å². The Bertz CT molecular complexity index is 306. The maximum absolute atomic E-state index is 9.11. The first-order chi connectivity index (χ1) is 8.31. The molecule has 1 saturated carbocycles. The molecule has 3 heteroatoms. The average molecular weight is 253 g/mol. The Morgan fingerprint density at radius 2 is 2.24 bits per heavy atom. The molecule has 0 saturated heterocycles. The molecule has 0 aromatic carbocycles. The van der Waals surface area contributed by atoms with Crippen LogP contribution in [0.5, 0.6) is 0 Å². The van der Waals surface area contributed by atoms with Gasteiger partial charge in [0.25, 0.3) is 0 Å². The molecule has 2 N–H and O–H groups in total. The van der Waals surface area contributed by atoms with Crippen LogP contribution in [0.15, 0.2) is 17.5 Å². The second kappa shape index (κ2) is 6.53. The molecule has 1 heterocycles. The van der Waals surface area contributed by atoms with Crippen LogP contribution in [0.25, 0.3) is 0 Å². The molecule has 17 heavy (non-hydrogen) atoms. The summed E-state index contributed by atoms with van der Waals surface area (Å²) in [4.78, 5) is 1.46. The molecule has 0 amide bonds. The first kappa shape index (κ1) is 13.1. The Balaban J connectivity index is 1.97. The van der Waals surface area contributed by atoms with Crippen LogP contribution in [0.1, 0.15) is 43.5 Å². The SMILES string of the molecule is CC(CO)CNC(c1cccs1)C1CCCC1. The van der Waals surface area contributed by atoms with Gasteiger partial charge in [-0.15, -0.1) is 11.3 Å². The monoisotopic (exact) mass is 253 g/mol. The second-order valence-corrected chi connectivity index (χ2v) is 6.21. The molecule has 0 radical (unpaired) electrons. The fourth-order valence-corrected chi connectivity index (χ4v) is 3.55. The van der Waals surface area contributed by atoms with Gasteiger partial charge in [0.15, 0.2) is 0 Å². The van der Waals surface area contributed by atoms with E-state index in [9.17, 15) is 0 Å². The molecule has 1 aromatic rings. The highest BCUT2D eigenvalue weighted by Gasteiger charge is 2.26. The summed E-state index contributed by atoms with van der Waals surface area (Å²) < 4.78 is 0. The summed E-state index contributed by atoms with van der Waals surface area (Å²) in [5.41, 5.74) is 0. The van der Waals surface area contributed by atoms with E-state index >= 15 is 0 Å². The molecule has 2 nitrogen and oxygen atoms in total. The third kappa shape index (κ3) is 3.54. The van der Waals surface area contributed by atoms with Crippen LogP contribution in [0.3, 0.4) is 0 Å². The highest BCUT2D eigenvalue weighted by molar-refractivity contribution is 7.10. The fraction of sp³-hybridized carbons (Fsp3) is 0.714. The minimum Gasteiger partial charge on any atom is -0.396 e. The Hall–Kier alpha value is -0.380. The van der Waals surface area contributed by atoms with E-state index in [0.29, 0.717) is 12.0 Å². The molecule has 2 rings (SSSR count). The van der Waals surface area contributed by atoms with Gasteiger partial charge in [0.05, 0.1) is 0 Å². The van der Waals surface area contributed by atoms with Crippen molar-refractivity contribution in [3.8, 4) is 0 Å². The summed E-state index contributed by atoms with van der Waals surface area (Å²) in [7, 11) is 0. The predicted octanol–water partition coefficient (Wildman–Crippen LogP) is 3.20. The third-order valence-corrected chi connectivity index (χ3v) is 4.67. The molecule has 1 aliphatic rings. The molecule has 1 aromatic heterocycles. The van der Waals surface area contributed by atoms with E-state index in [0.717, 1.165) is 12.5 Å². The second-order valence-electron chi connectivity index (χ2n) is 5.23. The number of rotatable bonds is 6. The summed E-state index contributed by atoms with van der Waals surface area (Å²) >= 11 is 1.85. The maximum Gasteiger partial charge on any atom is 0.0468 e. The van der Waals surface area contributed by atoms with E-state index in [-0.39, 0.29) is 6.61 Å². The standard InChI is InChI=1S/C14H23NOS/c1-11(10-16)9-15-14(12-5-2-3-6-12)13-7-4-8-17-13/h4,7-8,11-12,14-16H,2-3,5-6,9-10H2,1H3. The number of aliphatic hydroxyl groups excluding tert-OH is 1. The van der Waals surface area contributed by atoms with Crippen molar-refractivity contribution >= 4 is 11.3 Å². The minimum atomic E-state index is 0.273. The lowest BCUT2D eigenvalue weighted by Crippen LogP contribution is -2.31. The summed E-state index contributed by atoms with van der Waals surface area (Å²) in [6.07, 6.45) is 5.46. The van der Waals surface area contributed by atoms with Gasteiger partial charge in [0, 0.05) is 24.1 Å². The van der Waals surface area contributed by atoms with E-state index in [1.54, 1.807) is 0 Å². The summed E-state index contributed by atoms with van der Waals surface area (Å²) in [5, 5.41) is 14.9. The Kier molecular flexibility index (Phi) is 5.01. The van der Waals surface area contributed by atoms with Crippen LogP contribution < -0.4 is 5.32 Å². The average Bonchev–Trinajstić information content (AvgIpc) is 3.01. The van der Waals surface area contributed by atoms with Crippen molar-refractivity contribution in [1.29, 1.82) is 0 Å². The van der Waals surface area contributed by atoms with Crippen LogP contribution in [-0.2, 0) is 0 Å². The molecule has 0 spiro atoms. The van der Waals surface area contributed by atoms with Crippen LogP contribution in [0.2, 0.25) is 0 Å². The predicted molar refractivity (Wildman–Crippen MR) is 73.3 cm³/mol. The number of nitrogens with one attached hydrogen (secondary N) is 1. The zero-order valence-electron chi connectivity index (χ0n) is 10.6. The van der Waals surface area contributed by atoms with Gasteiger partial charge in [-0.05, 0) is 36.1 Å². The molecule has 1 fully saturated rings. The van der Waals surface area contributed by atoms with Gasteiger partial charge in [-0.1, -0.05) is 25.8 Å². The lowest BCUT2D eigenvalue weighted by Gasteiger charge is -2.25. The number of aliphatic hydroxyl groups is 1. The maximum atomic E-state index is 9.11. The first-order valence-corrected chi connectivity index (χ1v) is 7.57. The molecule has 2 atom stereocenters. The van der Waals surface area contributed by atoms with Crippen molar-refractivity contribution in [2.75, 3.05) is 13.2 Å². The molecular formula is C14H23NOS. The van der Waals surface area contributed by atoms with Gasteiger partial charge >= 0.3 is 0 Å². The Morgan fingerprint density at radius 3 is 2.82 bits per heavy atom. The lowest BCUT2D eigenvalue weighted by molar-refractivity contribution is 0.224. The summed E-state index contributed by atoms with van der Waals surface area (Å²) in [6.45, 7) is 3.28. The van der Waals surface area contributed by atoms with E-state index < -0.39 is 0 Å². The molecule has 0 bridgehead atoms. The van der Waals surface area contributed by atoms with Crippen molar-refractivity contribution in [1.82, 2.24) is 5.32 Å². The zero-order valence-corrected chi connectivity index (χ0v) is 11.4. The van der Waals surface area contributed by atoms with Crippen molar-refractivity contribution in [2.45, 2.75) is 38.6 Å². The normalized spacial score (nSPS) is 20.6. The lowest BCUT2D eigenvalue weighted by atomic mass is 9.96. The first-order valence-electron chi connectivity index (χ1n) is 6.69. The number of hydrogen-bond donors (Lipinski definition) is 2. The largest absolute Gasteiger partial charge is 0.396 e. The van der Waals surface area contributed by atoms with Crippen LogP contribution in [-0.4, -0.2) is 18.3 Å². The zero-order chi connectivity index (χ0) is 12.1. The van der Waals surface area contributed by atoms with E-state index in [1.165, 1.54) is 30.6 Å². The van der Waals surface area contributed by atoms with Gasteiger partial charge in [0.1, 0.15) is 0 Å². The van der Waals surface area contributed by atoms with Gasteiger partial charge in [0.2, 0.25) is 0 Å². The topological polar surface area (TPSA) is 32.3 Å². The fourth-order valence-electron chi connectivity index (χ4n) is 2.65. The molecular weight excluding hydrogens is 230 g/mol. The highest BCUT2D eigenvalue weighted by atomic mass is 32.1. The quantitative estimate of drug-likeness (QED) is 0.816. The minimum absolute atomic E-state index is 0.273. The number of thiophene rings is 1. The van der Waals surface area contributed by atoms with E-state index in [1.807, 2.05) is 11.3 Å². The highest BCUT2D eigenvalue weighted by Crippen LogP contribution is 2.37. The molecule has 0 aliphatic heterocycles. The van der Waals surface area contributed by atoms with Crippen molar-refractivity contribution < 1.29 is 5.11 Å². The van der Waals surface area contributed by atoms with Gasteiger partial charge < -0.3 is 10.4 Å². The number of hydrogen-bond acceptors (Lipinski definition) is 3.